The van der Waals surface area contributed by atoms with Crippen LogP contribution in [0.4, 0.5) is 0 Å². The van der Waals surface area contributed by atoms with Crippen molar-refractivity contribution in [2.75, 3.05) is 19.8 Å². The molecule has 1 N–H and O–H groups in total. The molecule has 0 saturated carbocycles. The molecule has 98 valence electrons. The number of ether oxygens (including phenoxy) is 2. The first-order chi connectivity index (χ1) is 8.25. The highest BCUT2D eigenvalue weighted by Gasteiger charge is 2.26. The molecule has 17 heavy (non-hydrogen) atoms. The number of carbonyl (C=O) groups excluding carboxylic acids is 1. The Balaban J connectivity index is 1.69. The minimum absolute atomic E-state index is 0.106. The minimum Gasteiger partial charge on any atom is -0.462 e. The Morgan fingerprint density at radius 2 is 2.29 bits per heavy atom. The van der Waals surface area contributed by atoms with Gasteiger partial charge in [0, 0.05) is 6.61 Å². The number of esters is 1. The molecular formula is C13H23NO3. The molecule has 4 nitrogen and oxygen atoms in total. The summed E-state index contributed by atoms with van der Waals surface area (Å²) in [6, 6.07) is -0.109. The van der Waals surface area contributed by atoms with Gasteiger partial charge in [0.2, 0.25) is 0 Å². The van der Waals surface area contributed by atoms with Crippen molar-refractivity contribution in [1.82, 2.24) is 5.32 Å². The van der Waals surface area contributed by atoms with E-state index in [0.29, 0.717) is 12.5 Å². The fourth-order valence-corrected chi connectivity index (χ4v) is 2.50. The molecule has 0 radical (unpaired) electrons. The highest BCUT2D eigenvalue weighted by atomic mass is 16.6. The van der Waals surface area contributed by atoms with Crippen LogP contribution in [-0.4, -0.2) is 37.9 Å². The lowest BCUT2D eigenvalue weighted by Crippen LogP contribution is -2.44. The van der Waals surface area contributed by atoms with E-state index in [2.05, 4.69) is 12.2 Å². The highest BCUT2D eigenvalue weighted by Crippen LogP contribution is 2.17. The second kappa shape index (κ2) is 6.36. The quantitative estimate of drug-likeness (QED) is 0.760. The van der Waals surface area contributed by atoms with E-state index in [-0.39, 0.29) is 18.1 Å². The van der Waals surface area contributed by atoms with Crippen LogP contribution in [0, 0.1) is 5.92 Å². The zero-order valence-electron chi connectivity index (χ0n) is 10.6. The van der Waals surface area contributed by atoms with E-state index >= 15 is 0 Å². The lowest BCUT2D eigenvalue weighted by Gasteiger charge is -2.28. The molecule has 0 aromatic rings. The first kappa shape index (κ1) is 12.8. The van der Waals surface area contributed by atoms with Crippen molar-refractivity contribution in [1.29, 1.82) is 0 Å². The summed E-state index contributed by atoms with van der Waals surface area (Å²) in [6.07, 6.45) is 5.49. The van der Waals surface area contributed by atoms with E-state index in [1.165, 1.54) is 6.42 Å². The summed E-state index contributed by atoms with van der Waals surface area (Å²) in [4.78, 5) is 11.8. The number of hydrogen-bond donors (Lipinski definition) is 1. The predicted molar refractivity (Wildman–Crippen MR) is 64.7 cm³/mol. The molecule has 2 heterocycles. The fourth-order valence-electron chi connectivity index (χ4n) is 2.50. The summed E-state index contributed by atoms with van der Waals surface area (Å²) in [6.45, 7) is 4.33. The zero-order chi connectivity index (χ0) is 12.1. The lowest BCUT2D eigenvalue weighted by molar-refractivity contribution is -0.152. The molecule has 2 fully saturated rings. The van der Waals surface area contributed by atoms with Gasteiger partial charge >= 0.3 is 5.97 Å². The summed E-state index contributed by atoms with van der Waals surface area (Å²) in [5.74, 6) is 0.505. The normalized spacial score (nSPS) is 34.3. The Kier molecular flexibility index (Phi) is 4.80. The highest BCUT2D eigenvalue weighted by molar-refractivity contribution is 5.75. The van der Waals surface area contributed by atoms with E-state index in [9.17, 15) is 4.79 Å². The average Bonchev–Trinajstić information content (AvgIpc) is 2.37. The molecule has 0 aromatic carbocycles. The molecular weight excluding hydrogens is 218 g/mol. The molecule has 0 spiro atoms. The van der Waals surface area contributed by atoms with Crippen molar-refractivity contribution in [2.24, 2.45) is 5.92 Å². The first-order valence-corrected chi connectivity index (χ1v) is 6.77. The van der Waals surface area contributed by atoms with Crippen molar-refractivity contribution >= 4 is 5.97 Å². The average molecular weight is 241 g/mol. The Morgan fingerprint density at radius 3 is 3.00 bits per heavy atom. The third-order valence-electron chi connectivity index (χ3n) is 3.64. The third kappa shape index (κ3) is 3.96. The maximum Gasteiger partial charge on any atom is 0.323 e. The number of piperidine rings is 1. The summed E-state index contributed by atoms with van der Waals surface area (Å²) in [5, 5.41) is 3.22. The summed E-state index contributed by atoms with van der Waals surface area (Å²) in [7, 11) is 0. The second-order valence-electron chi connectivity index (χ2n) is 5.25. The van der Waals surface area contributed by atoms with Gasteiger partial charge < -0.3 is 14.8 Å². The summed E-state index contributed by atoms with van der Waals surface area (Å²) < 4.78 is 10.9. The van der Waals surface area contributed by atoms with Gasteiger partial charge in [-0.15, -0.1) is 0 Å². The molecule has 0 aromatic heterocycles. The van der Waals surface area contributed by atoms with Crippen LogP contribution in [0.2, 0.25) is 0 Å². The van der Waals surface area contributed by atoms with Gasteiger partial charge in [-0.3, -0.25) is 4.79 Å². The van der Waals surface area contributed by atoms with Crippen LogP contribution >= 0.6 is 0 Å². The fraction of sp³-hybridized carbons (Fsp3) is 0.923. The molecule has 4 heteroatoms. The van der Waals surface area contributed by atoms with Crippen molar-refractivity contribution in [2.45, 2.75) is 51.2 Å². The topological polar surface area (TPSA) is 47.6 Å². The van der Waals surface area contributed by atoms with E-state index in [1.54, 1.807) is 0 Å². The maximum atomic E-state index is 11.8. The first-order valence-electron chi connectivity index (χ1n) is 6.77. The van der Waals surface area contributed by atoms with Crippen LogP contribution in [0.25, 0.3) is 0 Å². The third-order valence-corrected chi connectivity index (χ3v) is 3.64. The smallest absolute Gasteiger partial charge is 0.323 e. The minimum atomic E-state index is -0.109. The van der Waals surface area contributed by atoms with Crippen molar-refractivity contribution < 1.29 is 14.3 Å². The van der Waals surface area contributed by atoms with E-state index in [1.807, 2.05) is 0 Å². The van der Waals surface area contributed by atoms with Crippen LogP contribution in [0.15, 0.2) is 0 Å². The SMILES string of the molecule is CC1CCNC(C(=O)OCC2CCCCO2)C1. The van der Waals surface area contributed by atoms with Crippen LogP contribution in [0.1, 0.15) is 39.0 Å². The van der Waals surface area contributed by atoms with Gasteiger partial charge in [0.25, 0.3) is 0 Å². The predicted octanol–water partition coefficient (Wildman–Crippen LogP) is 1.49. The van der Waals surface area contributed by atoms with Gasteiger partial charge in [0.05, 0.1) is 6.10 Å². The molecule has 3 atom stereocenters. The Hall–Kier alpha value is -0.610. The summed E-state index contributed by atoms with van der Waals surface area (Å²) in [5.41, 5.74) is 0. The number of hydrogen-bond acceptors (Lipinski definition) is 4. The van der Waals surface area contributed by atoms with Gasteiger partial charge in [-0.1, -0.05) is 6.92 Å². The molecule has 0 amide bonds. The maximum absolute atomic E-state index is 11.8. The second-order valence-corrected chi connectivity index (χ2v) is 5.25. The number of nitrogens with one attached hydrogen (secondary N) is 1. The largest absolute Gasteiger partial charge is 0.462 e. The lowest BCUT2D eigenvalue weighted by atomic mass is 9.94. The van der Waals surface area contributed by atoms with Crippen LogP contribution in [-0.2, 0) is 14.3 Å². The van der Waals surface area contributed by atoms with Gasteiger partial charge in [-0.25, -0.2) is 0 Å². The monoisotopic (exact) mass is 241 g/mol. The number of carbonyl (C=O) groups is 1. The van der Waals surface area contributed by atoms with Crippen LogP contribution in [0.3, 0.4) is 0 Å². The molecule has 0 aliphatic carbocycles. The molecule has 3 unspecified atom stereocenters. The summed E-state index contributed by atoms with van der Waals surface area (Å²) >= 11 is 0. The van der Waals surface area contributed by atoms with Crippen molar-refractivity contribution in [3.05, 3.63) is 0 Å². The Morgan fingerprint density at radius 1 is 1.41 bits per heavy atom. The Labute approximate surface area is 103 Å². The molecule has 2 aliphatic rings. The molecule has 0 bridgehead atoms. The van der Waals surface area contributed by atoms with E-state index in [4.69, 9.17) is 9.47 Å². The zero-order valence-corrected chi connectivity index (χ0v) is 10.6. The van der Waals surface area contributed by atoms with Gasteiger partial charge in [-0.2, -0.15) is 0 Å². The van der Waals surface area contributed by atoms with Crippen LogP contribution in [0.5, 0.6) is 0 Å². The molecule has 2 saturated heterocycles. The molecule has 2 rings (SSSR count). The molecule has 2 aliphatic heterocycles. The van der Waals surface area contributed by atoms with Crippen LogP contribution < -0.4 is 5.32 Å². The van der Waals surface area contributed by atoms with Gasteiger partial charge in [0.15, 0.2) is 0 Å². The standard InChI is InChI=1S/C13H23NO3/c1-10-5-6-14-12(8-10)13(15)17-9-11-4-2-3-7-16-11/h10-12,14H,2-9H2,1H3. The van der Waals surface area contributed by atoms with Gasteiger partial charge in [-0.05, 0) is 44.6 Å². The Bertz CT molecular complexity index is 251. The van der Waals surface area contributed by atoms with Crippen molar-refractivity contribution in [3.8, 4) is 0 Å². The van der Waals surface area contributed by atoms with E-state index in [0.717, 1.165) is 38.8 Å². The number of rotatable bonds is 3. The van der Waals surface area contributed by atoms with Crippen molar-refractivity contribution in [3.63, 3.8) is 0 Å². The van der Waals surface area contributed by atoms with E-state index < -0.39 is 0 Å². The van der Waals surface area contributed by atoms with Gasteiger partial charge in [0.1, 0.15) is 12.6 Å².